The van der Waals surface area contributed by atoms with Gasteiger partial charge in [0.25, 0.3) is 5.91 Å². The molecule has 0 bridgehead atoms. The summed E-state index contributed by atoms with van der Waals surface area (Å²) in [4.78, 5) is 12.2. The lowest BCUT2D eigenvalue weighted by Crippen LogP contribution is -2.24. The van der Waals surface area contributed by atoms with Gasteiger partial charge in [-0.25, -0.2) is 0 Å². The summed E-state index contributed by atoms with van der Waals surface area (Å²) in [5, 5.41) is 2.85. The predicted octanol–water partition coefficient (Wildman–Crippen LogP) is 2.52. The lowest BCUT2D eigenvalue weighted by atomic mass is 10.1. The lowest BCUT2D eigenvalue weighted by molar-refractivity contribution is 0.0949. The van der Waals surface area contributed by atoms with Crippen LogP contribution in [0.5, 0.6) is 5.75 Å². The Kier molecular flexibility index (Phi) is 4.25. The number of carbonyl (C=O) groups is 1. The Labute approximate surface area is 118 Å². The van der Waals surface area contributed by atoms with Crippen LogP contribution in [0.1, 0.15) is 21.5 Å². The summed E-state index contributed by atoms with van der Waals surface area (Å²) in [6.07, 6.45) is 0. The Morgan fingerprint density at radius 3 is 2.55 bits per heavy atom. The van der Waals surface area contributed by atoms with E-state index in [2.05, 4.69) is 5.32 Å². The third-order valence-electron chi connectivity index (χ3n) is 3.08. The molecule has 0 aliphatic rings. The molecule has 1 amide bonds. The van der Waals surface area contributed by atoms with Gasteiger partial charge in [-0.2, -0.15) is 0 Å². The van der Waals surface area contributed by atoms with Gasteiger partial charge in [-0.15, -0.1) is 0 Å². The first-order valence-electron chi connectivity index (χ1n) is 6.38. The molecule has 104 valence electrons. The molecular weight excluding hydrogens is 252 g/mol. The van der Waals surface area contributed by atoms with Crippen molar-refractivity contribution in [3.8, 4) is 5.75 Å². The van der Waals surface area contributed by atoms with Gasteiger partial charge >= 0.3 is 0 Å². The lowest BCUT2D eigenvalue weighted by Gasteiger charge is -2.11. The molecule has 0 fully saturated rings. The summed E-state index contributed by atoms with van der Waals surface area (Å²) in [5.41, 5.74) is 8.86. The van der Waals surface area contributed by atoms with E-state index in [4.69, 9.17) is 10.5 Å². The Morgan fingerprint density at radius 2 is 1.90 bits per heavy atom. The van der Waals surface area contributed by atoms with E-state index >= 15 is 0 Å². The minimum absolute atomic E-state index is 0.236. The molecule has 0 saturated carbocycles. The number of benzene rings is 2. The molecule has 4 heteroatoms. The van der Waals surface area contributed by atoms with Gasteiger partial charge in [0.2, 0.25) is 0 Å². The van der Waals surface area contributed by atoms with E-state index in [1.807, 2.05) is 31.2 Å². The summed E-state index contributed by atoms with van der Waals surface area (Å²) >= 11 is 0. The maximum absolute atomic E-state index is 12.2. The maximum atomic E-state index is 12.2. The first kappa shape index (κ1) is 13.9. The van der Waals surface area contributed by atoms with Gasteiger partial charge in [-0.3, -0.25) is 4.79 Å². The monoisotopic (exact) mass is 270 g/mol. The van der Waals surface area contributed by atoms with E-state index in [9.17, 15) is 4.79 Å². The van der Waals surface area contributed by atoms with Crippen molar-refractivity contribution in [1.82, 2.24) is 5.32 Å². The van der Waals surface area contributed by atoms with Gasteiger partial charge in [0, 0.05) is 12.2 Å². The van der Waals surface area contributed by atoms with Crippen LogP contribution < -0.4 is 15.8 Å². The molecule has 0 spiro atoms. The van der Waals surface area contributed by atoms with Crippen molar-refractivity contribution in [3.63, 3.8) is 0 Å². The second-order valence-corrected chi connectivity index (χ2v) is 4.59. The topological polar surface area (TPSA) is 64.3 Å². The number of hydrogen-bond acceptors (Lipinski definition) is 3. The fraction of sp³-hybridized carbons (Fsp3) is 0.188. The fourth-order valence-electron chi connectivity index (χ4n) is 1.94. The summed E-state index contributed by atoms with van der Waals surface area (Å²) in [6.45, 7) is 2.48. The number of rotatable bonds is 4. The van der Waals surface area contributed by atoms with Gasteiger partial charge in [0.15, 0.2) is 0 Å². The van der Waals surface area contributed by atoms with Gasteiger partial charge in [0.1, 0.15) is 11.3 Å². The van der Waals surface area contributed by atoms with Gasteiger partial charge < -0.3 is 15.8 Å². The zero-order chi connectivity index (χ0) is 14.5. The fourth-order valence-corrected chi connectivity index (χ4v) is 1.94. The third-order valence-corrected chi connectivity index (χ3v) is 3.08. The minimum Gasteiger partial charge on any atom is -0.496 e. The normalized spacial score (nSPS) is 10.1. The number of ether oxygens (including phenoxy) is 1. The number of carbonyl (C=O) groups excluding carboxylic acids is 1. The van der Waals surface area contributed by atoms with Crippen molar-refractivity contribution in [1.29, 1.82) is 0 Å². The highest BCUT2D eigenvalue weighted by atomic mass is 16.5. The van der Waals surface area contributed by atoms with E-state index in [0.29, 0.717) is 23.5 Å². The van der Waals surface area contributed by atoms with Crippen LogP contribution >= 0.6 is 0 Å². The first-order chi connectivity index (χ1) is 9.61. The number of nitrogens with one attached hydrogen (secondary N) is 1. The summed E-state index contributed by atoms with van der Waals surface area (Å²) in [5.74, 6) is 0.243. The number of hydrogen-bond donors (Lipinski definition) is 2. The van der Waals surface area contributed by atoms with Crippen LogP contribution in [-0.2, 0) is 6.54 Å². The second-order valence-electron chi connectivity index (χ2n) is 4.59. The average Bonchev–Trinajstić information content (AvgIpc) is 2.46. The van der Waals surface area contributed by atoms with Gasteiger partial charge in [0.05, 0.1) is 7.11 Å². The van der Waals surface area contributed by atoms with E-state index in [1.165, 1.54) is 12.7 Å². The standard InChI is InChI=1S/C16H18N2O2/c1-11-6-8-12(9-7-11)10-18-16(19)15-13(17)4-3-5-14(15)20-2/h3-9H,10,17H2,1-2H3,(H,18,19). The van der Waals surface area contributed by atoms with Crippen LogP contribution in [0.4, 0.5) is 5.69 Å². The molecule has 4 nitrogen and oxygen atoms in total. The summed E-state index contributed by atoms with van der Waals surface area (Å²) in [7, 11) is 1.52. The molecule has 0 aliphatic heterocycles. The zero-order valence-corrected chi connectivity index (χ0v) is 11.6. The quantitative estimate of drug-likeness (QED) is 0.839. The van der Waals surface area contributed by atoms with Gasteiger partial charge in [-0.05, 0) is 24.6 Å². The Bertz CT molecular complexity index is 606. The third kappa shape index (κ3) is 3.09. The number of anilines is 1. The molecule has 0 saturated heterocycles. The minimum atomic E-state index is -0.236. The second kappa shape index (κ2) is 6.10. The number of aryl methyl sites for hydroxylation is 1. The number of nitrogen functional groups attached to an aromatic ring is 1. The smallest absolute Gasteiger partial charge is 0.257 e. The average molecular weight is 270 g/mol. The van der Waals surface area contributed by atoms with E-state index in [1.54, 1.807) is 18.2 Å². The Balaban J connectivity index is 2.11. The zero-order valence-electron chi connectivity index (χ0n) is 11.6. The van der Waals surface area contributed by atoms with Crippen LogP contribution in [0, 0.1) is 6.92 Å². The molecule has 2 rings (SSSR count). The first-order valence-corrected chi connectivity index (χ1v) is 6.38. The molecule has 0 unspecified atom stereocenters. The number of nitrogens with two attached hydrogens (primary N) is 1. The van der Waals surface area contributed by atoms with Crippen molar-refractivity contribution < 1.29 is 9.53 Å². The highest BCUT2D eigenvalue weighted by Gasteiger charge is 2.15. The summed E-state index contributed by atoms with van der Waals surface area (Å²) < 4.78 is 5.17. The number of methoxy groups -OCH3 is 1. The van der Waals surface area contributed by atoms with Crippen molar-refractivity contribution >= 4 is 11.6 Å². The highest BCUT2D eigenvalue weighted by Crippen LogP contribution is 2.23. The van der Waals surface area contributed by atoms with E-state index in [-0.39, 0.29) is 5.91 Å². The molecule has 0 radical (unpaired) electrons. The van der Waals surface area contributed by atoms with Crippen molar-refractivity contribution in [3.05, 3.63) is 59.2 Å². The van der Waals surface area contributed by atoms with Crippen molar-refractivity contribution in [2.45, 2.75) is 13.5 Å². The van der Waals surface area contributed by atoms with Crippen LogP contribution in [0.3, 0.4) is 0 Å². The van der Waals surface area contributed by atoms with Crippen molar-refractivity contribution in [2.75, 3.05) is 12.8 Å². The van der Waals surface area contributed by atoms with Crippen LogP contribution in [-0.4, -0.2) is 13.0 Å². The van der Waals surface area contributed by atoms with Gasteiger partial charge in [-0.1, -0.05) is 35.9 Å². The molecular formula is C16H18N2O2. The molecule has 0 aliphatic carbocycles. The van der Waals surface area contributed by atoms with Crippen LogP contribution in [0.25, 0.3) is 0 Å². The Hall–Kier alpha value is -2.49. The van der Waals surface area contributed by atoms with E-state index < -0.39 is 0 Å². The Morgan fingerprint density at radius 1 is 1.20 bits per heavy atom. The number of amides is 1. The SMILES string of the molecule is COc1cccc(N)c1C(=O)NCc1ccc(C)cc1. The predicted molar refractivity (Wildman–Crippen MR) is 79.8 cm³/mol. The molecule has 0 aromatic heterocycles. The molecule has 20 heavy (non-hydrogen) atoms. The highest BCUT2D eigenvalue weighted by molar-refractivity contribution is 6.01. The largest absolute Gasteiger partial charge is 0.496 e. The summed E-state index contributed by atoms with van der Waals surface area (Å²) in [6, 6.07) is 13.2. The molecule has 3 N–H and O–H groups in total. The molecule has 0 atom stereocenters. The van der Waals surface area contributed by atoms with E-state index in [0.717, 1.165) is 5.56 Å². The molecule has 0 heterocycles. The molecule has 2 aromatic rings. The van der Waals surface area contributed by atoms with Crippen LogP contribution in [0.2, 0.25) is 0 Å². The van der Waals surface area contributed by atoms with Crippen molar-refractivity contribution in [2.24, 2.45) is 0 Å². The van der Waals surface area contributed by atoms with Crippen LogP contribution in [0.15, 0.2) is 42.5 Å². The maximum Gasteiger partial charge on any atom is 0.257 e. The molecule has 2 aromatic carbocycles.